The summed E-state index contributed by atoms with van der Waals surface area (Å²) in [6.07, 6.45) is 81.1. The van der Waals surface area contributed by atoms with Gasteiger partial charge in [-0.2, -0.15) is 0 Å². The normalized spacial score (nSPS) is 18.0. The summed E-state index contributed by atoms with van der Waals surface area (Å²) >= 11 is 0. The van der Waals surface area contributed by atoms with E-state index >= 15 is 0 Å². The number of carbonyl (C=O) groups is 2. The van der Waals surface area contributed by atoms with Crippen molar-refractivity contribution in [1.29, 1.82) is 0 Å². The lowest BCUT2D eigenvalue weighted by Crippen LogP contribution is -2.60. The summed E-state index contributed by atoms with van der Waals surface area (Å²) in [6, 6.07) is -0.833. The summed E-state index contributed by atoms with van der Waals surface area (Å²) in [4.78, 5) is 25.1. The zero-order chi connectivity index (χ0) is 65.1. The van der Waals surface area contributed by atoms with Crippen molar-refractivity contribution in [2.75, 3.05) is 19.8 Å². The van der Waals surface area contributed by atoms with Crippen LogP contribution < -0.4 is 5.32 Å². The predicted molar refractivity (Wildman–Crippen MR) is 380 cm³/mol. The van der Waals surface area contributed by atoms with Crippen molar-refractivity contribution in [2.24, 2.45) is 0 Å². The van der Waals surface area contributed by atoms with Gasteiger partial charge in [-0.25, -0.2) is 0 Å². The van der Waals surface area contributed by atoms with E-state index in [1.54, 1.807) is 6.08 Å². The van der Waals surface area contributed by atoms with E-state index in [1.807, 2.05) is 6.08 Å². The van der Waals surface area contributed by atoms with Crippen LogP contribution in [0, 0.1) is 0 Å². The molecule has 1 amide bonds. The van der Waals surface area contributed by atoms with Crippen LogP contribution >= 0.6 is 0 Å². The third kappa shape index (κ3) is 55.8. The summed E-state index contributed by atoms with van der Waals surface area (Å²) in [7, 11) is 0. The van der Waals surface area contributed by atoms with Gasteiger partial charge in [-0.15, -0.1) is 0 Å². The van der Waals surface area contributed by atoms with Crippen LogP contribution in [-0.2, 0) is 23.8 Å². The highest BCUT2D eigenvalue weighted by molar-refractivity contribution is 5.76. The number of amides is 1. The monoisotopic (exact) mass is 1270 g/mol. The maximum absolute atomic E-state index is 13.1. The van der Waals surface area contributed by atoms with Crippen molar-refractivity contribution in [3.05, 3.63) is 60.8 Å². The van der Waals surface area contributed by atoms with E-state index < -0.39 is 49.5 Å². The van der Waals surface area contributed by atoms with E-state index in [9.17, 15) is 35.1 Å². The molecule has 0 bridgehead atoms. The molecule has 90 heavy (non-hydrogen) atoms. The lowest BCUT2D eigenvalue weighted by molar-refractivity contribution is -0.302. The van der Waals surface area contributed by atoms with Crippen molar-refractivity contribution in [3.63, 3.8) is 0 Å². The summed E-state index contributed by atoms with van der Waals surface area (Å²) in [6.45, 7) is 4.31. The average Bonchev–Trinajstić information content (AvgIpc) is 1.01. The van der Waals surface area contributed by atoms with E-state index in [-0.39, 0.29) is 18.5 Å². The van der Waals surface area contributed by atoms with Crippen LogP contribution in [-0.4, -0.2) is 100 Å². The van der Waals surface area contributed by atoms with Crippen LogP contribution in [0.25, 0.3) is 0 Å². The van der Waals surface area contributed by atoms with Crippen LogP contribution in [0.4, 0.5) is 0 Å². The molecule has 7 unspecified atom stereocenters. The van der Waals surface area contributed by atoms with E-state index in [1.165, 1.54) is 270 Å². The number of ether oxygens (including phenoxy) is 3. The minimum atomic E-state index is -1.58. The summed E-state index contributed by atoms with van der Waals surface area (Å²) in [5.74, 6) is -0.179. The first-order chi connectivity index (χ1) is 44.2. The summed E-state index contributed by atoms with van der Waals surface area (Å²) in [5, 5.41) is 54.4. The average molecular weight is 1270 g/mol. The van der Waals surface area contributed by atoms with Gasteiger partial charge < -0.3 is 45.1 Å². The number of aliphatic hydroxyl groups excluding tert-OH is 5. The van der Waals surface area contributed by atoms with Crippen molar-refractivity contribution in [3.8, 4) is 0 Å². The topological polar surface area (TPSA) is 175 Å². The quantitative estimate of drug-likeness (QED) is 0.0195. The Balaban J connectivity index is 1.92. The van der Waals surface area contributed by atoms with Crippen molar-refractivity contribution in [2.45, 2.75) is 410 Å². The van der Waals surface area contributed by atoms with Gasteiger partial charge >= 0.3 is 5.97 Å². The molecule has 526 valence electrons. The molecule has 0 aromatic rings. The number of esters is 1. The second-order valence-corrected chi connectivity index (χ2v) is 26.7. The first kappa shape index (κ1) is 85.4. The number of allylic oxidation sites excluding steroid dienone is 9. The third-order valence-corrected chi connectivity index (χ3v) is 18.1. The van der Waals surface area contributed by atoms with Gasteiger partial charge in [0.15, 0.2) is 6.29 Å². The van der Waals surface area contributed by atoms with Crippen molar-refractivity contribution < 1.29 is 49.3 Å². The molecule has 1 fully saturated rings. The number of aliphatic hydroxyl groups is 5. The predicted octanol–water partition coefficient (Wildman–Crippen LogP) is 20.5. The first-order valence-corrected chi connectivity index (χ1v) is 38.6. The highest BCUT2D eigenvalue weighted by atomic mass is 16.7. The molecule has 11 heteroatoms. The first-order valence-electron chi connectivity index (χ1n) is 38.6. The number of hydrogen-bond acceptors (Lipinski definition) is 10. The Labute approximate surface area is 554 Å². The zero-order valence-corrected chi connectivity index (χ0v) is 58.6. The second kappa shape index (κ2) is 67.8. The van der Waals surface area contributed by atoms with E-state index in [0.29, 0.717) is 19.4 Å². The van der Waals surface area contributed by atoms with Crippen molar-refractivity contribution >= 4 is 11.9 Å². The highest BCUT2D eigenvalue weighted by Gasteiger charge is 2.44. The lowest BCUT2D eigenvalue weighted by Gasteiger charge is -2.40. The van der Waals surface area contributed by atoms with E-state index in [4.69, 9.17) is 14.2 Å². The number of rotatable bonds is 68. The maximum Gasteiger partial charge on any atom is 0.305 e. The molecule has 7 atom stereocenters. The molecule has 0 radical (unpaired) electrons. The number of carbonyl (C=O) groups excluding carboxylic acids is 2. The third-order valence-electron chi connectivity index (χ3n) is 18.1. The Kier molecular flexibility index (Phi) is 64.3. The highest BCUT2D eigenvalue weighted by Crippen LogP contribution is 2.23. The molecule has 1 aliphatic heterocycles. The minimum absolute atomic E-state index is 0.0141. The zero-order valence-electron chi connectivity index (χ0n) is 58.6. The molecule has 0 aliphatic carbocycles. The molecule has 0 aromatic carbocycles. The van der Waals surface area contributed by atoms with E-state index in [0.717, 1.165) is 70.6 Å². The van der Waals surface area contributed by atoms with Gasteiger partial charge in [0.05, 0.1) is 32.0 Å². The van der Waals surface area contributed by atoms with Gasteiger partial charge in [0.1, 0.15) is 24.4 Å². The Morgan fingerprint density at radius 3 is 1.20 bits per heavy atom. The molecule has 11 nitrogen and oxygen atoms in total. The van der Waals surface area contributed by atoms with Gasteiger partial charge in [0.2, 0.25) is 5.91 Å². The molecule has 1 aliphatic rings. The Morgan fingerprint density at radius 1 is 0.411 bits per heavy atom. The van der Waals surface area contributed by atoms with Gasteiger partial charge in [0, 0.05) is 12.8 Å². The second-order valence-electron chi connectivity index (χ2n) is 26.7. The SMILES string of the molecule is CCCC/C=C/CC/C=C/CC/C=C/C(O)C(COC1OC(CO)C(O)C(O)C1O)NC(=O)CCCCCCCCCCCCCCCCCCC/C=C\C/C=C\CCCCCCCCCCCCCCCCCOC(=O)CCCCCCCCCCCCC. The molecule has 1 rings (SSSR count). The molecule has 0 aromatic heterocycles. The van der Waals surface area contributed by atoms with Gasteiger partial charge in [-0.05, 0) is 83.5 Å². The van der Waals surface area contributed by atoms with Gasteiger partial charge in [-0.3, -0.25) is 9.59 Å². The van der Waals surface area contributed by atoms with E-state index in [2.05, 4.69) is 67.8 Å². The van der Waals surface area contributed by atoms with Crippen LogP contribution in [0.5, 0.6) is 0 Å². The Morgan fingerprint density at radius 2 is 0.767 bits per heavy atom. The molecule has 1 saturated heterocycles. The fourth-order valence-electron chi connectivity index (χ4n) is 12.0. The molecule has 1 heterocycles. The Hall–Kier alpha value is -2.64. The number of unbranched alkanes of at least 4 members (excludes halogenated alkanes) is 46. The number of hydrogen-bond donors (Lipinski definition) is 6. The molecule has 6 N–H and O–H groups in total. The fraction of sp³-hybridized carbons (Fsp3) is 0.848. The van der Waals surface area contributed by atoms with Crippen LogP contribution in [0.2, 0.25) is 0 Å². The summed E-state index contributed by atoms with van der Waals surface area (Å²) in [5.41, 5.74) is 0. The maximum atomic E-state index is 13.1. The van der Waals surface area contributed by atoms with Gasteiger partial charge in [0.25, 0.3) is 0 Å². The fourth-order valence-corrected chi connectivity index (χ4v) is 12.0. The minimum Gasteiger partial charge on any atom is -0.466 e. The molecule has 0 saturated carbocycles. The molecular formula is C79H145NO10. The van der Waals surface area contributed by atoms with Crippen LogP contribution in [0.15, 0.2) is 60.8 Å². The lowest BCUT2D eigenvalue weighted by atomic mass is 9.99. The molecule has 0 spiro atoms. The smallest absolute Gasteiger partial charge is 0.305 e. The van der Waals surface area contributed by atoms with Crippen LogP contribution in [0.3, 0.4) is 0 Å². The molecular weight excluding hydrogens is 1120 g/mol. The summed E-state index contributed by atoms with van der Waals surface area (Å²) < 4.78 is 16.7. The standard InChI is InChI=1S/C79H145NO10/c1-3-5-7-9-11-13-15-46-49-53-57-61-65-72(82)71(70-89-79-78(87)77(86)76(85)73(69-81)90-79)80-74(83)66-62-58-54-50-47-43-41-39-37-35-33-31-29-27-25-23-21-19-17-16-18-20-22-24-26-28-30-32-34-36-38-40-42-44-48-52-56-60-64-68-88-75(84)67-63-59-55-51-45-14-12-10-8-6-4-2/h9,11,16-17,20,22,46,49,61,65,71-73,76-79,81-82,85-87H,3-8,10,12-15,18-19,21,23-45,47-48,50-60,62-64,66-70H2,1-2H3,(H,80,83)/b11-9+,17-16-,22-20-,49-46+,65-61+. The van der Waals surface area contributed by atoms with Gasteiger partial charge in [-0.1, -0.05) is 331 Å². The number of nitrogens with one attached hydrogen (secondary N) is 1. The Bertz CT molecular complexity index is 1680. The van der Waals surface area contributed by atoms with Crippen LogP contribution in [0.1, 0.15) is 367 Å². The largest absolute Gasteiger partial charge is 0.466 e. The van der Waals surface area contributed by atoms with Crippen molar-refractivity contribution in [1.82, 2.24) is 5.32 Å².